The summed E-state index contributed by atoms with van der Waals surface area (Å²) in [5.74, 6) is -0.547. The van der Waals surface area contributed by atoms with E-state index >= 15 is 0 Å². The number of nitrogens with two attached hydrogens (primary N) is 1. The maximum Gasteiger partial charge on any atom is 0.416 e. The Morgan fingerprint density at radius 2 is 1.85 bits per heavy atom. The number of carbonyl (C=O) groups excluding carboxylic acids is 1. The second-order valence-electron chi connectivity index (χ2n) is 5.86. The first kappa shape index (κ1) is 16.6. The summed E-state index contributed by atoms with van der Waals surface area (Å²) < 4.78 is 40.3. The van der Waals surface area contributed by atoms with Gasteiger partial charge in [0.15, 0.2) is 0 Å². The van der Waals surface area contributed by atoms with Gasteiger partial charge in [-0.1, -0.05) is 0 Å². The molecule has 0 atom stereocenters. The fraction of sp³-hybridized carbons (Fsp3) is 0.111. The van der Waals surface area contributed by atoms with Gasteiger partial charge in [0.05, 0.1) is 16.1 Å². The number of nitrogens with zero attached hydrogens (tertiary/aromatic N) is 2. The maximum absolute atomic E-state index is 12.8. The summed E-state index contributed by atoms with van der Waals surface area (Å²) >= 11 is 1.44. The first-order valence-corrected chi connectivity index (χ1v) is 8.46. The van der Waals surface area contributed by atoms with Crippen molar-refractivity contribution < 1.29 is 18.0 Å². The van der Waals surface area contributed by atoms with Crippen LogP contribution in [0.25, 0.3) is 26.9 Å². The minimum atomic E-state index is -4.38. The smallest absolute Gasteiger partial charge is 0.366 e. The number of hydrogen-bond acceptors (Lipinski definition) is 3. The van der Waals surface area contributed by atoms with E-state index in [4.69, 9.17) is 5.73 Å². The monoisotopic (exact) mass is 375 g/mol. The van der Waals surface area contributed by atoms with E-state index in [0.717, 1.165) is 32.9 Å². The van der Waals surface area contributed by atoms with Gasteiger partial charge in [-0.15, -0.1) is 11.3 Å². The van der Waals surface area contributed by atoms with Crippen LogP contribution in [0.1, 0.15) is 20.9 Å². The molecule has 4 aromatic rings. The van der Waals surface area contributed by atoms with E-state index in [0.29, 0.717) is 16.8 Å². The van der Waals surface area contributed by atoms with Gasteiger partial charge in [0, 0.05) is 16.6 Å². The van der Waals surface area contributed by atoms with E-state index in [1.165, 1.54) is 23.5 Å². The van der Waals surface area contributed by atoms with Crippen molar-refractivity contribution in [3.8, 4) is 5.69 Å². The zero-order valence-corrected chi connectivity index (χ0v) is 14.3. The number of fused-ring (bicyclic) bond motifs is 3. The Labute approximate surface area is 149 Å². The highest BCUT2D eigenvalue weighted by atomic mass is 32.1. The molecule has 4 nitrogen and oxygen atoms in total. The van der Waals surface area contributed by atoms with Crippen molar-refractivity contribution in [2.24, 2.45) is 5.73 Å². The number of aryl methyl sites for hydroxylation is 1. The normalized spacial score (nSPS) is 12.2. The fourth-order valence-corrected chi connectivity index (χ4v) is 3.95. The molecule has 26 heavy (non-hydrogen) atoms. The molecule has 2 aromatic heterocycles. The number of aromatic nitrogens is 2. The van der Waals surface area contributed by atoms with Gasteiger partial charge in [0.2, 0.25) is 5.91 Å². The van der Waals surface area contributed by atoms with Crippen LogP contribution in [0.5, 0.6) is 0 Å². The van der Waals surface area contributed by atoms with Gasteiger partial charge in [0.1, 0.15) is 10.3 Å². The van der Waals surface area contributed by atoms with E-state index in [9.17, 15) is 18.0 Å². The van der Waals surface area contributed by atoms with Gasteiger partial charge in [-0.05, 0) is 49.4 Å². The molecule has 2 heterocycles. The van der Waals surface area contributed by atoms with Crippen LogP contribution in [-0.2, 0) is 6.18 Å². The quantitative estimate of drug-likeness (QED) is 0.554. The van der Waals surface area contributed by atoms with Gasteiger partial charge in [-0.2, -0.15) is 13.2 Å². The predicted octanol–water partition coefficient (Wildman–Crippen LogP) is 4.67. The minimum absolute atomic E-state index is 0.356. The van der Waals surface area contributed by atoms with Crippen LogP contribution in [0, 0.1) is 6.92 Å². The van der Waals surface area contributed by atoms with Crippen molar-refractivity contribution in [1.82, 2.24) is 9.55 Å². The summed E-state index contributed by atoms with van der Waals surface area (Å²) in [6.07, 6.45) is -4.38. The van der Waals surface area contributed by atoms with E-state index in [-0.39, 0.29) is 0 Å². The van der Waals surface area contributed by atoms with Crippen LogP contribution in [0.4, 0.5) is 13.2 Å². The van der Waals surface area contributed by atoms with Crippen LogP contribution < -0.4 is 5.73 Å². The molecule has 0 radical (unpaired) electrons. The van der Waals surface area contributed by atoms with Crippen LogP contribution in [-0.4, -0.2) is 15.5 Å². The second-order valence-corrected chi connectivity index (χ2v) is 7.04. The number of primary amides is 1. The van der Waals surface area contributed by atoms with Crippen LogP contribution >= 0.6 is 11.3 Å². The molecule has 0 spiro atoms. The average molecular weight is 375 g/mol. The highest BCUT2D eigenvalue weighted by Gasteiger charge is 2.30. The summed E-state index contributed by atoms with van der Waals surface area (Å²) in [7, 11) is 0. The summed E-state index contributed by atoms with van der Waals surface area (Å²) in [6.45, 7) is 1.85. The lowest BCUT2D eigenvalue weighted by atomic mass is 10.1. The molecule has 132 valence electrons. The lowest BCUT2D eigenvalue weighted by molar-refractivity contribution is -0.137. The SMILES string of the molecule is Cc1nc2c3cc(C(N)=O)ccc3n(-c3ccc(C(F)(F)F)cc3)c2s1. The highest BCUT2D eigenvalue weighted by Crippen LogP contribution is 2.36. The third kappa shape index (κ3) is 2.53. The highest BCUT2D eigenvalue weighted by molar-refractivity contribution is 7.18. The molecule has 0 aliphatic rings. The Bertz CT molecular complexity index is 1160. The Hall–Kier alpha value is -2.87. The largest absolute Gasteiger partial charge is 0.416 e. The molecule has 0 fully saturated rings. The second kappa shape index (κ2) is 5.57. The van der Waals surface area contributed by atoms with Crippen molar-refractivity contribution in [3.63, 3.8) is 0 Å². The zero-order valence-electron chi connectivity index (χ0n) is 13.5. The fourth-order valence-electron chi connectivity index (χ4n) is 2.98. The third-order valence-electron chi connectivity index (χ3n) is 4.15. The number of amides is 1. The van der Waals surface area contributed by atoms with Gasteiger partial charge in [0.25, 0.3) is 0 Å². The van der Waals surface area contributed by atoms with E-state index in [2.05, 4.69) is 4.98 Å². The van der Waals surface area contributed by atoms with Crippen molar-refractivity contribution >= 4 is 38.5 Å². The number of alkyl halides is 3. The maximum atomic E-state index is 12.8. The van der Waals surface area contributed by atoms with Crippen molar-refractivity contribution in [2.75, 3.05) is 0 Å². The Kier molecular flexibility index (Phi) is 3.55. The lowest BCUT2D eigenvalue weighted by Gasteiger charge is -2.10. The van der Waals surface area contributed by atoms with E-state index in [1.54, 1.807) is 18.2 Å². The summed E-state index contributed by atoms with van der Waals surface area (Å²) in [6, 6.07) is 9.97. The summed E-state index contributed by atoms with van der Waals surface area (Å²) in [4.78, 5) is 16.8. The van der Waals surface area contributed by atoms with Gasteiger partial charge in [-0.25, -0.2) is 4.98 Å². The zero-order chi connectivity index (χ0) is 18.6. The molecule has 0 aliphatic heterocycles. The molecule has 2 aromatic carbocycles. The van der Waals surface area contributed by atoms with Crippen LogP contribution in [0.2, 0.25) is 0 Å². The number of thiazole rings is 1. The van der Waals surface area contributed by atoms with Crippen LogP contribution in [0.15, 0.2) is 42.5 Å². The molecule has 4 rings (SSSR count). The Morgan fingerprint density at radius 1 is 1.15 bits per heavy atom. The van der Waals surface area contributed by atoms with Gasteiger partial charge >= 0.3 is 6.18 Å². The van der Waals surface area contributed by atoms with Crippen molar-refractivity contribution in [3.05, 3.63) is 58.6 Å². The number of halogens is 3. The third-order valence-corrected chi connectivity index (χ3v) is 5.11. The van der Waals surface area contributed by atoms with Crippen LogP contribution in [0.3, 0.4) is 0 Å². The molecule has 1 amide bonds. The molecular formula is C18H12F3N3OS. The minimum Gasteiger partial charge on any atom is -0.366 e. The molecule has 0 saturated heterocycles. The average Bonchev–Trinajstić information content (AvgIpc) is 3.08. The lowest BCUT2D eigenvalue weighted by Crippen LogP contribution is -2.10. The molecular weight excluding hydrogens is 363 g/mol. The number of hydrogen-bond donors (Lipinski definition) is 1. The number of carbonyl (C=O) groups is 1. The Balaban J connectivity index is 2.00. The van der Waals surface area contributed by atoms with Crippen molar-refractivity contribution in [2.45, 2.75) is 13.1 Å². The number of rotatable bonds is 2. The first-order chi connectivity index (χ1) is 12.3. The molecule has 0 saturated carbocycles. The summed E-state index contributed by atoms with van der Waals surface area (Å²) in [5.41, 5.74) is 7.06. The molecule has 0 bridgehead atoms. The van der Waals surface area contributed by atoms with E-state index < -0.39 is 17.6 Å². The van der Waals surface area contributed by atoms with Crippen molar-refractivity contribution in [1.29, 1.82) is 0 Å². The predicted molar refractivity (Wildman–Crippen MR) is 94.7 cm³/mol. The Morgan fingerprint density at radius 3 is 2.46 bits per heavy atom. The topological polar surface area (TPSA) is 60.9 Å². The number of benzene rings is 2. The molecule has 8 heteroatoms. The van der Waals surface area contributed by atoms with E-state index in [1.807, 2.05) is 11.5 Å². The molecule has 0 unspecified atom stereocenters. The van der Waals surface area contributed by atoms with Gasteiger partial charge in [-0.3, -0.25) is 9.36 Å². The summed E-state index contributed by atoms with van der Waals surface area (Å²) in [5, 5.41) is 1.56. The first-order valence-electron chi connectivity index (χ1n) is 7.65. The van der Waals surface area contributed by atoms with Gasteiger partial charge < -0.3 is 5.73 Å². The molecule has 2 N–H and O–H groups in total. The standard InChI is InChI=1S/C18H12F3N3OS/c1-9-23-15-13-8-10(16(22)25)2-7-14(13)24(17(15)26-9)12-5-3-11(4-6-12)18(19,20)21/h2-8H,1H3,(H2,22,25). The molecule has 0 aliphatic carbocycles.